The van der Waals surface area contributed by atoms with Crippen LogP contribution in [0, 0.1) is 0 Å². The Balaban J connectivity index is 2.10. The molecule has 0 saturated heterocycles. The van der Waals surface area contributed by atoms with Gasteiger partial charge in [0.1, 0.15) is 0 Å². The number of thioether (sulfide) groups is 1. The van der Waals surface area contributed by atoms with Crippen LogP contribution in [-0.2, 0) is 10.7 Å². The van der Waals surface area contributed by atoms with Crippen LogP contribution in [0.4, 0.5) is 4.79 Å². The second-order valence-corrected chi connectivity index (χ2v) is 7.72. The normalized spacial score (nSPS) is 12.3. The molecule has 1 aromatic heterocycles. The van der Waals surface area contributed by atoms with Gasteiger partial charge in [-0.2, -0.15) is 0 Å². The van der Waals surface area contributed by atoms with Gasteiger partial charge in [-0.1, -0.05) is 48.0 Å². The summed E-state index contributed by atoms with van der Waals surface area (Å²) in [5, 5.41) is 0.862. The van der Waals surface area contributed by atoms with E-state index in [1.807, 2.05) is 23.8 Å². The van der Waals surface area contributed by atoms with Gasteiger partial charge in [-0.3, -0.25) is 4.79 Å². The summed E-state index contributed by atoms with van der Waals surface area (Å²) in [4.78, 5) is 16.1. The molecule has 2 rings (SSSR count). The molecule has 0 amide bonds. The lowest BCUT2D eigenvalue weighted by atomic mass is 10.1. The zero-order valence-corrected chi connectivity index (χ0v) is 15.6. The summed E-state index contributed by atoms with van der Waals surface area (Å²) in [6.45, 7) is 3.15. The molecule has 1 heterocycles. The van der Waals surface area contributed by atoms with E-state index in [1.54, 1.807) is 24.7 Å². The van der Waals surface area contributed by atoms with Gasteiger partial charge in [-0.15, -0.1) is 0 Å². The molecular weight excluding hydrogens is 375 g/mol. The van der Waals surface area contributed by atoms with Gasteiger partial charge in [0.2, 0.25) is 0 Å². The van der Waals surface area contributed by atoms with E-state index in [-0.39, 0.29) is 9.70 Å². The zero-order chi connectivity index (χ0) is 16.7. The first-order chi connectivity index (χ1) is 11.1. The van der Waals surface area contributed by atoms with Crippen LogP contribution in [0.25, 0.3) is 0 Å². The van der Waals surface area contributed by atoms with Gasteiger partial charge < -0.3 is 8.75 Å². The van der Waals surface area contributed by atoms with E-state index in [0.29, 0.717) is 23.2 Å². The molecule has 1 unspecified atom stereocenters. The first kappa shape index (κ1) is 18.7. The predicted octanol–water partition coefficient (Wildman–Crippen LogP) is 5.86. The van der Waals surface area contributed by atoms with Crippen LogP contribution in [0.1, 0.15) is 24.2 Å². The Bertz CT molecular complexity index is 638. The van der Waals surface area contributed by atoms with Crippen molar-refractivity contribution in [1.29, 1.82) is 0 Å². The molecule has 0 saturated carbocycles. The van der Waals surface area contributed by atoms with E-state index in [1.165, 1.54) is 11.8 Å². The lowest BCUT2D eigenvalue weighted by Gasteiger charge is -2.17. The summed E-state index contributed by atoms with van der Waals surface area (Å²) in [6.07, 6.45) is 6.15. The second kappa shape index (κ2) is 9.59. The molecule has 0 bridgehead atoms. The summed E-state index contributed by atoms with van der Waals surface area (Å²) in [5.41, 5.74) is 0.933. The first-order valence-corrected chi connectivity index (χ1v) is 9.38. The largest absolute Gasteiger partial charge is 0.336 e. The molecule has 1 atom stereocenters. The highest BCUT2D eigenvalue weighted by Crippen LogP contribution is 2.37. The summed E-state index contributed by atoms with van der Waals surface area (Å²) in [7, 11) is 0. The van der Waals surface area contributed by atoms with Crippen LogP contribution < -0.4 is 0 Å². The first-order valence-electron chi connectivity index (χ1n) is 7.01. The van der Waals surface area contributed by atoms with Crippen molar-refractivity contribution in [2.45, 2.75) is 25.1 Å². The van der Waals surface area contributed by atoms with Crippen molar-refractivity contribution >= 4 is 51.5 Å². The molecule has 0 radical (unpaired) electrons. The number of halogens is 2. The van der Waals surface area contributed by atoms with Gasteiger partial charge in [0.15, 0.2) is 0 Å². The fraction of sp³-hybridized carbons (Fsp3) is 0.333. The number of imidazole rings is 1. The van der Waals surface area contributed by atoms with Crippen LogP contribution in [0.3, 0.4) is 0 Å². The maximum Gasteiger partial charge on any atom is 0.273 e. The highest BCUT2D eigenvalue weighted by Gasteiger charge is 2.19. The van der Waals surface area contributed by atoms with Crippen LogP contribution >= 0.6 is 47.0 Å². The summed E-state index contributed by atoms with van der Waals surface area (Å²) < 4.78 is 7.07. The van der Waals surface area contributed by atoms with Crippen LogP contribution in [0.2, 0.25) is 10.0 Å². The highest BCUT2D eigenvalue weighted by molar-refractivity contribution is 8.36. The average Bonchev–Trinajstić information content (AvgIpc) is 3.03. The Morgan fingerprint density at radius 3 is 2.87 bits per heavy atom. The molecule has 0 aliphatic heterocycles. The molecule has 0 aliphatic carbocycles. The minimum absolute atomic E-state index is 0.0883. The number of rotatable bonds is 7. The predicted molar refractivity (Wildman–Crippen MR) is 98.3 cm³/mol. The number of benzene rings is 1. The summed E-state index contributed by atoms with van der Waals surface area (Å²) in [6, 6.07) is 5.42. The Morgan fingerprint density at radius 2 is 2.22 bits per heavy atom. The van der Waals surface area contributed by atoms with Gasteiger partial charge in [0.05, 0.1) is 40.3 Å². The molecular formula is C15H16Cl2N2O2S2. The van der Waals surface area contributed by atoms with Crippen molar-refractivity contribution < 1.29 is 8.98 Å². The SMILES string of the molecule is CCCOSC(=O)SC(Cn1ccnc1)c1ccc(Cl)c(Cl)c1. The molecule has 0 spiro atoms. The average molecular weight is 391 g/mol. The van der Waals surface area contributed by atoms with Crippen LogP contribution in [0.15, 0.2) is 36.9 Å². The number of hydrogen-bond donors (Lipinski definition) is 0. The Kier molecular flexibility index (Phi) is 7.79. The standard InChI is InChI=1S/C15H16Cl2N2O2S2/c1-2-7-21-23-15(20)22-14(9-19-6-5-18-10-19)11-3-4-12(16)13(17)8-11/h3-6,8,10,14H,2,7,9H2,1H3. The van der Waals surface area contributed by atoms with Crippen LogP contribution in [-0.4, -0.2) is 20.6 Å². The maximum absolute atomic E-state index is 12.1. The molecule has 23 heavy (non-hydrogen) atoms. The lowest BCUT2D eigenvalue weighted by Crippen LogP contribution is -2.06. The Morgan fingerprint density at radius 1 is 1.39 bits per heavy atom. The topological polar surface area (TPSA) is 44.1 Å². The smallest absolute Gasteiger partial charge is 0.273 e. The van der Waals surface area contributed by atoms with E-state index < -0.39 is 0 Å². The third-order valence-electron chi connectivity index (χ3n) is 2.90. The summed E-state index contributed by atoms with van der Waals surface area (Å²) >= 11 is 14.2. The van der Waals surface area contributed by atoms with E-state index >= 15 is 0 Å². The van der Waals surface area contributed by atoms with Crippen molar-refractivity contribution in [2.75, 3.05) is 6.61 Å². The van der Waals surface area contributed by atoms with Gasteiger partial charge in [0.25, 0.3) is 4.45 Å². The van der Waals surface area contributed by atoms with Crippen molar-refractivity contribution in [2.24, 2.45) is 0 Å². The molecule has 0 fully saturated rings. The zero-order valence-electron chi connectivity index (χ0n) is 12.4. The van der Waals surface area contributed by atoms with E-state index in [0.717, 1.165) is 24.0 Å². The Labute approximate surface area is 154 Å². The summed E-state index contributed by atoms with van der Waals surface area (Å²) in [5.74, 6) is 0. The number of aromatic nitrogens is 2. The molecule has 0 aliphatic rings. The van der Waals surface area contributed by atoms with E-state index in [9.17, 15) is 4.79 Å². The monoisotopic (exact) mass is 390 g/mol. The molecule has 8 heteroatoms. The van der Waals surface area contributed by atoms with E-state index in [4.69, 9.17) is 27.4 Å². The quantitative estimate of drug-likeness (QED) is 0.437. The minimum atomic E-state index is -0.107. The van der Waals surface area contributed by atoms with Gasteiger partial charge >= 0.3 is 0 Å². The van der Waals surface area contributed by atoms with Gasteiger partial charge in [0, 0.05) is 18.9 Å². The van der Waals surface area contributed by atoms with Crippen molar-refractivity contribution in [1.82, 2.24) is 9.55 Å². The third kappa shape index (κ3) is 6.04. The van der Waals surface area contributed by atoms with Crippen molar-refractivity contribution in [3.05, 3.63) is 52.5 Å². The Hall–Kier alpha value is -0.660. The molecule has 2 aromatic rings. The van der Waals surface area contributed by atoms with Crippen molar-refractivity contribution in [3.63, 3.8) is 0 Å². The molecule has 1 aromatic carbocycles. The van der Waals surface area contributed by atoms with Crippen molar-refractivity contribution in [3.8, 4) is 0 Å². The minimum Gasteiger partial charge on any atom is -0.336 e. The van der Waals surface area contributed by atoms with Crippen LogP contribution in [0.5, 0.6) is 0 Å². The van der Waals surface area contributed by atoms with E-state index in [2.05, 4.69) is 4.98 Å². The maximum atomic E-state index is 12.1. The third-order valence-corrected chi connectivity index (χ3v) is 5.45. The lowest BCUT2D eigenvalue weighted by molar-refractivity contribution is 0.273. The van der Waals surface area contributed by atoms with Gasteiger partial charge in [-0.25, -0.2) is 4.98 Å². The fourth-order valence-corrected chi connectivity index (χ4v) is 3.88. The number of hydrogen-bond acceptors (Lipinski definition) is 5. The fourth-order valence-electron chi connectivity index (χ4n) is 1.82. The molecule has 0 N–H and O–H groups in total. The van der Waals surface area contributed by atoms with Gasteiger partial charge in [-0.05, 0) is 24.1 Å². The molecule has 4 nitrogen and oxygen atoms in total. The highest BCUT2D eigenvalue weighted by atomic mass is 35.5. The number of nitrogens with zero attached hydrogens (tertiary/aromatic N) is 2. The number of carbonyl (C=O) groups is 1. The second-order valence-electron chi connectivity index (χ2n) is 4.69. The molecule has 124 valence electrons. The number of carbonyl (C=O) groups excluding carboxylic acids is 1.